The molecule has 3 atom stereocenters. The van der Waals surface area contributed by atoms with Gasteiger partial charge in [-0.05, 0) is 24.5 Å². The zero-order valence-corrected chi connectivity index (χ0v) is 12.4. The zero-order chi connectivity index (χ0) is 15.6. The Bertz CT molecular complexity index is 544. The lowest BCUT2D eigenvalue weighted by molar-refractivity contribution is -0.138. The first-order valence-corrected chi connectivity index (χ1v) is 7.21. The van der Waals surface area contributed by atoms with Crippen molar-refractivity contribution in [2.75, 3.05) is 6.54 Å². The smallest absolute Gasteiger partial charge is 0.303 e. The normalized spacial score (nSPS) is 21.7. The summed E-state index contributed by atoms with van der Waals surface area (Å²) in [6, 6.07) is 4.48. The number of halogens is 2. The average molecular weight is 314 g/mol. The molecule has 1 aromatic rings. The Morgan fingerprint density at radius 1 is 1.52 bits per heavy atom. The van der Waals surface area contributed by atoms with E-state index in [4.69, 9.17) is 16.7 Å². The van der Waals surface area contributed by atoms with E-state index in [-0.39, 0.29) is 35.9 Å². The second-order valence-corrected chi connectivity index (χ2v) is 5.94. The first-order valence-electron chi connectivity index (χ1n) is 6.83. The number of carbonyl (C=O) groups excluding carboxylic acids is 1. The summed E-state index contributed by atoms with van der Waals surface area (Å²) in [6.45, 7) is 2.06. The topological polar surface area (TPSA) is 66.4 Å². The van der Waals surface area contributed by atoms with Gasteiger partial charge in [0, 0.05) is 35.4 Å². The molecule has 0 spiro atoms. The summed E-state index contributed by atoms with van der Waals surface area (Å²) < 4.78 is 13.8. The Balaban J connectivity index is 1.88. The summed E-state index contributed by atoms with van der Waals surface area (Å²) in [4.78, 5) is 22.5. The fourth-order valence-electron chi connectivity index (χ4n) is 2.44. The third kappa shape index (κ3) is 3.94. The van der Waals surface area contributed by atoms with Gasteiger partial charge in [-0.3, -0.25) is 9.59 Å². The Hall–Kier alpha value is -1.62. The van der Waals surface area contributed by atoms with Gasteiger partial charge >= 0.3 is 5.97 Å². The van der Waals surface area contributed by atoms with Crippen molar-refractivity contribution in [1.82, 2.24) is 5.32 Å². The van der Waals surface area contributed by atoms with Crippen molar-refractivity contribution in [3.8, 4) is 0 Å². The minimum absolute atomic E-state index is 0.00746. The number of amides is 1. The maximum atomic E-state index is 13.8. The van der Waals surface area contributed by atoms with Crippen molar-refractivity contribution in [2.45, 2.75) is 25.7 Å². The first kappa shape index (κ1) is 15.8. The van der Waals surface area contributed by atoms with Gasteiger partial charge < -0.3 is 10.4 Å². The van der Waals surface area contributed by atoms with Crippen molar-refractivity contribution in [3.63, 3.8) is 0 Å². The number of rotatable bonds is 6. The molecule has 2 N–H and O–H groups in total. The van der Waals surface area contributed by atoms with Crippen LogP contribution in [-0.2, 0) is 9.59 Å². The SMILES string of the molecule is C[C@H](CNC(=O)[C@@H]1C[C@@H]1c1c(F)cccc1Cl)CC(=O)O. The van der Waals surface area contributed by atoms with Gasteiger partial charge in [-0.1, -0.05) is 24.6 Å². The molecular formula is C15H17ClFNO3. The molecular weight excluding hydrogens is 297 g/mol. The van der Waals surface area contributed by atoms with Gasteiger partial charge in [0.25, 0.3) is 0 Å². The Morgan fingerprint density at radius 3 is 2.86 bits per heavy atom. The number of hydrogen-bond acceptors (Lipinski definition) is 2. The first-order chi connectivity index (χ1) is 9.90. The van der Waals surface area contributed by atoms with Gasteiger partial charge in [-0.15, -0.1) is 0 Å². The molecule has 1 aromatic carbocycles. The van der Waals surface area contributed by atoms with Crippen LogP contribution in [0, 0.1) is 17.7 Å². The highest BCUT2D eigenvalue weighted by Crippen LogP contribution is 2.50. The molecule has 1 amide bonds. The van der Waals surface area contributed by atoms with Crippen molar-refractivity contribution in [1.29, 1.82) is 0 Å². The largest absolute Gasteiger partial charge is 0.481 e. The van der Waals surface area contributed by atoms with Gasteiger partial charge in [-0.25, -0.2) is 4.39 Å². The number of benzene rings is 1. The van der Waals surface area contributed by atoms with Crippen LogP contribution in [0.1, 0.15) is 31.2 Å². The molecule has 0 heterocycles. The highest BCUT2D eigenvalue weighted by molar-refractivity contribution is 6.31. The second-order valence-electron chi connectivity index (χ2n) is 5.53. The quantitative estimate of drug-likeness (QED) is 0.848. The monoisotopic (exact) mass is 313 g/mol. The third-order valence-corrected chi connectivity index (χ3v) is 3.98. The zero-order valence-electron chi connectivity index (χ0n) is 11.6. The summed E-state index contributed by atoms with van der Waals surface area (Å²) >= 11 is 5.98. The summed E-state index contributed by atoms with van der Waals surface area (Å²) in [6.07, 6.45) is 0.577. The summed E-state index contributed by atoms with van der Waals surface area (Å²) in [5.41, 5.74) is 0.401. The molecule has 0 aromatic heterocycles. The van der Waals surface area contributed by atoms with Crippen LogP contribution in [0.5, 0.6) is 0 Å². The molecule has 21 heavy (non-hydrogen) atoms. The molecule has 0 bridgehead atoms. The number of carbonyl (C=O) groups is 2. The van der Waals surface area contributed by atoms with E-state index < -0.39 is 5.97 Å². The summed E-state index contributed by atoms with van der Waals surface area (Å²) in [5, 5.41) is 11.7. The summed E-state index contributed by atoms with van der Waals surface area (Å²) in [5.74, 6) is -2.05. The minimum atomic E-state index is -0.890. The lowest BCUT2D eigenvalue weighted by Gasteiger charge is -2.10. The van der Waals surface area contributed by atoms with E-state index in [1.807, 2.05) is 0 Å². The van der Waals surface area contributed by atoms with Gasteiger partial charge in [0.2, 0.25) is 5.91 Å². The number of carboxylic acids is 1. The Morgan fingerprint density at radius 2 is 2.24 bits per heavy atom. The maximum absolute atomic E-state index is 13.8. The van der Waals surface area contributed by atoms with Crippen LogP contribution in [-0.4, -0.2) is 23.5 Å². The van der Waals surface area contributed by atoms with Crippen LogP contribution >= 0.6 is 11.6 Å². The minimum Gasteiger partial charge on any atom is -0.481 e. The highest BCUT2D eigenvalue weighted by atomic mass is 35.5. The van der Waals surface area contributed by atoms with Gasteiger partial charge in [0.1, 0.15) is 5.82 Å². The number of hydrogen-bond donors (Lipinski definition) is 2. The van der Waals surface area contributed by atoms with E-state index in [2.05, 4.69) is 5.32 Å². The van der Waals surface area contributed by atoms with E-state index in [9.17, 15) is 14.0 Å². The van der Waals surface area contributed by atoms with E-state index in [0.29, 0.717) is 23.6 Å². The van der Waals surface area contributed by atoms with Crippen LogP contribution in [0.25, 0.3) is 0 Å². The Labute approximate surface area is 127 Å². The predicted octanol–water partition coefficient (Wildman–Crippen LogP) is 2.81. The molecule has 0 unspecified atom stereocenters. The standard InChI is InChI=1S/C15H17ClFNO3/c1-8(5-13(19)20)7-18-15(21)10-6-9(10)14-11(16)3-2-4-12(14)17/h2-4,8-10H,5-7H2,1H3,(H,18,21)(H,19,20)/t8-,9-,10+/m0/s1. The highest BCUT2D eigenvalue weighted by Gasteiger charge is 2.46. The predicted molar refractivity (Wildman–Crippen MR) is 76.7 cm³/mol. The van der Waals surface area contributed by atoms with Crippen LogP contribution in [0.15, 0.2) is 18.2 Å². The van der Waals surface area contributed by atoms with Crippen molar-refractivity contribution in [2.24, 2.45) is 11.8 Å². The molecule has 1 aliphatic carbocycles. The van der Waals surface area contributed by atoms with E-state index in [1.54, 1.807) is 13.0 Å². The van der Waals surface area contributed by atoms with Crippen molar-refractivity contribution < 1.29 is 19.1 Å². The van der Waals surface area contributed by atoms with Crippen LogP contribution in [0.3, 0.4) is 0 Å². The second kappa shape index (κ2) is 6.43. The molecule has 4 nitrogen and oxygen atoms in total. The lowest BCUT2D eigenvalue weighted by Crippen LogP contribution is -2.30. The fraction of sp³-hybridized carbons (Fsp3) is 0.467. The molecule has 1 saturated carbocycles. The maximum Gasteiger partial charge on any atom is 0.303 e. The van der Waals surface area contributed by atoms with Crippen LogP contribution in [0.4, 0.5) is 4.39 Å². The number of aliphatic carboxylic acids is 1. The van der Waals surface area contributed by atoms with Gasteiger partial charge in [-0.2, -0.15) is 0 Å². The average Bonchev–Trinajstić information content (AvgIpc) is 3.15. The fourth-order valence-corrected chi connectivity index (χ4v) is 2.75. The molecule has 114 valence electrons. The van der Waals surface area contributed by atoms with Crippen molar-refractivity contribution >= 4 is 23.5 Å². The van der Waals surface area contributed by atoms with Crippen LogP contribution in [0.2, 0.25) is 5.02 Å². The van der Waals surface area contributed by atoms with E-state index in [1.165, 1.54) is 12.1 Å². The lowest BCUT2D eigenvalue weighted by atomic mass is 10.1. The Kier molecular flexibility index (Phi) is 4.83. The molecule has 2 rings (SSSR count). The number of nitrogens with one attached hydrogen (secondary N) is 1. The van der Waals surface area contributed by atoms with Crippen LogP contribution < -0.4 is 5.32 Å². The molecule has 0 radical (unpaired) electrons. The molecule has 6 heteroatoms. The van der Waals surface area contributed by atoms with E-state index >= 15 is 0 Å². The van der Waals surface area contributed by atoms with Crippen molar-refractivity contribution in [3.05, 3.63) is 34.6 Å². The molecule has 0 aliphatic heterocycles. The summed E-state index contributed by atoms with van der Waals surface area (Å²) in [7, 11) is 0. The van der Waals surface area contributed by atoms with Gasteiger partial charge in [0.15, 0.2) is 0 Å². The number of carboxylic acid groups (broad SMARTS) is 1. The third-order valence-electron chi connectivity index (χ3n) is 3.65. The van der Waals surface area contributed by atoms with E-state index in [0.717, 1.165) is 0 Å². The molecule has 1 aliphatic rings. The van der Waals surface area contributed by atoms with Gasteiger partial charge in [0.05, 0.1) is 0 Å². The molecule has 1 fully saturated rings. The molecule has 0 saturated heterocycles.